The van der Waals surface area contributed by atoms with Gasteiger partial charge < -0.3 is 84.5 Å². The van der Waals surface area contributed by atoms with Crippen LogP contribution in [0.5, 0.6) is 0 Å². The van der Waals surface area contributed by atoms with E-state index < -0.39 is 23.8 Å². The molecule has 0 radical (unpaired) electrons. The summed E-state index contributed by atoms with van der Waals surface area (Å²) in [4.78, 5) is 26.6. The lowest BCUT2D eigenvalue weighted by Crippen LogP contribution is -2.49. The second-order valence-corrected chi connectivity index (χ2v) is 16.7. The molecule has 0 bridgehead atoms. The number of hydrogen-bond donors (Lipinski definition) is 9. The first-order valence-electron chi connectivity index (χ1n) is 23.7. The van der Waals surface area contributed by atoms with E-state index in [1.807, 2.05) is 27.7 Å². The smallest absolute Gasteiger partial charge is 0.242 e. The van der Waals surface area contributed by atoms with Crippen LogP contribution in [0.2, 0.25) is 0 Å². The van der Waals surface area contributed by atoms with Crippen LogP contribution in [0.15, 0.2) is 12.3 Å². The molecule has 19 heteroatoms. The topological polar surface area (TPSA) is 265 Å². The van der Waals surface area contributed by atoms with Gasteiger partial charge in [0.2, 0.25) is 11.8 Å². The van der Waals surface area contributed by atoms with Gasteiger partial charge in [-0.05, 0) is 54.8 Å². The molecule has 0 saturated carbocycles. The summed E-state index contributed by atoms with van der Waals surface area (Å²) in [6.45, 7) is 20.3. The van der Waals surface area contributed by atoms with Gasteiger partial charge in [0.25, 0.3) is 0 Å². The largest absolute Gasteiger partial charge is 0.396 e. The number of carbonyl (C=O) groups is 2. The van der Waals surface area contributed by atoms with Crippen LogP contribution in [-0.4, -0.2) is 207 Å². The molecule has 0 aromatic heterocycles. The van der Waals surface area contributed by atoms with E-state index in [2.05, 4.69) is 29.5 Å². The lowest BCUT2D eigenvalue weighted by Gasteiger charge is -2.33. The number of carbonyl (C=O) groups excluding carboxylic acids is 2. The van der Waals surface area contributed by atoms with E-state index >= 15 is 0 Å². The van der Waals surface area contributed by atoms with Gasteiger partial charge in [-0.2, -0.15) is 0 Å². The minimum absolute atomic E-state index is 0.00196. The minimum atomic E-state index is -0.942. The van der Waals surface area contributed by atoms with Crippen molar-refractivity contribution < 1.29 is 78.1 Å². The Kier molecular flexibility index (Phi) is 41.8. The zero-order chi connectivity index (χ0) is 48.5. The fourth-order valence-electron chi connectivity index (χ4n) is 7.06. The highest BCUT2D eigenvalue weighted by Crippen LogP contribution is 2.28. The lowest BCUT2D eigenvalue weighted by molar-refractivity contribution is -0.130. The number of nitrogens with one attached hydrogen (secondary N) is 3. The van der Waals surface area contributed by atoms with Crippen molar-refractivity contribution in [1.29, 1.82) is 0 Å². The van der Waals surface area contributed by atoms with Crippen LogP contribution in [0.1, 0.15) is 60.3 Å². The Labute approximate surface area is 389 Å². The number of aliphatic hydroxyl groups excluding tert-OH is 6. The fourth-order valence-corrected chi connectivity index (χ4v) is 7.06. The van der Waals surface area contributed by atoms with E-state index in [9.17, 15) is 40.2 Å². The zero-order valence-electron chi connectivity index (χ0n) is 40.5. The summed E-state index contributed by atoms with van der Waals surface area (Å²) in [5.41, 5.74) is 0.590. The molecule has 0 aromatic rings. The van der Waals surface area contributed by atoms with E-state index in [1.165, 1.54) is 0 Å². The second kappa shape index (κ2) is 43.2. The van der Waals surface area contributed by atoms with Gasteiger partial charge in [-0.1, -0.05) is 41.2 Å². The van der Waals surface area contributed by atoms with Crippen molar-refractivity contribution in [2.45, 2.75) is 66.3 Å². The zero-order valence-corrected chi connectivity index (χ0v) is 40.5. The van der Waals surface area contributed by atoms with Gasteiger partial charge in [-0.15, -0.1) is 0 Å². The van der Waals surface area contributed by atoms with Gasteiger partial charge in [0.05, 0.1) is 99.1 Å². The summed E-state index contributed by atoms with van der Waals surface area (Å²) < 4.78 is 43.8. The summed E-state index contributed by atoms with van der Waals surface area (Å²) >= 11 is 0. The van der Waals surface area contributed by atoms with Gasteiger partial charge in [0, 0.05) is 83.3 Å². The van der Waals surface area contributed by atoms with Gasteiger partial charge >= 0.3 is 0 Å². The molecule has 0 heterocycles. The molecule has 0 aromatic carbocycles. The van der Waals surface area contributed by atoms with Gasteiger partial charge in [0.1, 0.15) is 6.04 Å². The molecule has 0 unspecified atom stereocenters. The van der Waals surface area contributed by atoms with Gasteiger partial charge in [-0.25, -0.2) is 0 Å². The molecule has 386 valence electrons. The van der Waals surface area contributed by atoms with Crippen molar-refractivity contribution in [3.05, 3.63) is 12.3 Å². The third-order valence-corrected chi connectivity index (χ3v) is 11.7. The number of allylic oxidation sites excluding steroid dienone is 1. The molecule has 2 amide bonds. The molecular formula is C46H91N3O16. The quantitative estimate of drug-likeness (QED) is 0.0373. The first-order valence-corrected chi connectivity index (χ1v) is 23.7. The SMILES string of the molecule is C=C(CC[C@H](NC(=O)CCOCCOCCOCCOCCOCCOCCOCCOCCC)C(=O)NC[C@H](CO)[C@@H](C)[C@H](CO)[C@H](C)CO)NC[C@H](CO)[C@@H](C)[C@H](CO)[C@H](C)CO. The third kappa shape index (κ3) is 31.6. The van der Waals surface area contributed by atoms with E-state index in [-0.39, 0.29) is 114 Å². The van der Waals surface area contributed by atoms with Crippen LogP contribution in [0.4, 0.5) is 0 Å². The van der Waals surface area contributed by atoms with Crippen molar-refractivity contribution in [1.82, 2.24) is 16.0 Å². The van der Waals surface area contributed by atoms with Crippen LogP contribution in [0, 0.1) is 47.3 Å². The van der Waals surface area contributed by atoms with Gasteiger partial charge in [-0.3, -0.25) is 9.59 Å². The maximum absolute atomic E-state index is 13.6. The molecule has 19 nitrogen and oxygen atoms in total. The predicted molar refractivity (Wildman–Crippen MR) is 246 cm³/mol. The molecular weight excluding hydrogens is 851 g/mol. The molecule has 0 aliphatic carbocycles. The maximum Gasteiger partial charge on any atom is 0.242 e. The van der Waals surface area contributed by atoms with Crippen LogP contribution >= 0.6 is 0 Å². The van der Waals surface area contributed by atoms with Crippen LogP contribution in [0.3, 0.4) is 0 Å². The van der Waals surface area contributed by atoms with Crippen LogP contribution in [0.25, 0.3) is 0 Å². The molecule has 9 N–H and O–H groups in total. The summed E-state index contributed by atoms with van der Waals surface area (Å²) in [6, 6.07) is -0.942. The lowest BCUT2D eigenvalue weighted by atomic mass is 9.77. The normalized spacial score (nSPS) is 15.9. The highest BCUT2D eigenvalue weighted by molar-refractivity contribution is 5.87. The average Bonchev–Trinajstić information content (AvgIpc) is 3.30. The number of rotatable bonds is 48. The monoisotopic (exact) mass is 942 g/mol. The Morgan fingerprint density at radius 3 is 1.17 bits per heavy atom. The summed E-state index contributed by atoms with van der Waals surface area (Å²) in [7, 11) is 0. The third-order valence-electron chi connectivity index (χ3n) is 11.7. The number of aliphatic hydroxyl groups is 6. The molecule has 0 aliphatic rings. The predicted octanol–water partition coefficient (Wildman–Crippen LogP) is 0.367. The summed E-state index contributed by atoms with van der Waals surface area (Å²) in [5, 5.41) is 68.3. The average molecular weight is 942 g/mol. The van der Waals surface area contributed by atoms with E-state index in [1.54, 1.807) is 0 Å². The Balaban J connectivity index is 4.64. The molecule has 0 aliphatic heterocycles. The fraction of sp³-hybridized carbons (Fsp3) is 0.913. The van der Waals surface area contributed by atoms with Crippen molar-refractivity contribution in [2.24, 2.45) is 47.3 Å². The van der Waals surface area contributed by atoms with Crippen LogP contribution in [-0.2, 0) is 47.5 Å². The Morgan fingerprint density at radius 1 is 0.477 bits per heavy atom. The molecule has 0 spiro atoms. The Morgan fingerprint density at radius 2 is 0.831 bits per heavy atom. The number of ether oxygens (including phenoxy) is 8. The van der Waals surface area contributed by atoms with Crippen molar-refractivity contribution in [3.8, 4) is 0 Å². The van der Waals surface area contributed by atoms with Crippen molar-refractivity contribution in [3.63, 3.8) is 0 Å². The molecule has 0 rings (SSSR count). The van der Waals surface area contributed by atoms with Crippen LogP contribution < -0.4 is 16.0 Å². The highest BCUT2D eigenvalue weighted by Gasteiger charge is 2.31. The Bertz CT molecular complexity index is 1130. The Hall–Kier alpha value is -2.08. The number of hydrogen-bond acceptors (Lipinski definition) is 17. The first kappa shape index (κ1) is 62.9. The summed E-state index contributed by atoms with van der Waals surface area (Å²) in [5.74, 6) is -2.68. The van der Waals surface area contributed by atoms with E-state index in [4.69, 9.17) is 37.9 Å². The van der Waals surface area contributed by atoms with E-state index in [0.717, 1.165) is 13.0 Å². The highest BCUT2D eigenvalue weighted by atomic mass is 16.6. The minimum Gasteiger partial charge on any atom is -0.396 e. The van der Waals surface area contributed by atoms with E-state index in [0.29, 0.717) is 105 Å². The van der Waals surface area contributed by atoms with Crippen molar-refractivity contribution >= 4 is 11.8 Å². The standard InChI is InChI=1S/C46H91N3O16/c1-7-11-58-13-15-60-17-19-62-21-23-64-25-26-65-24-22-63-20-18-61-16-14-59-12-10-45(56)49-44(46(57)48-28-41(32-53)39(6)43(34-55)36(3)30-51)9-8-37(4)47-27-40(31-52)38(5)42(33-54)35(2)29-50/h35-36,38-44,47,50-55H,4,7-34H2,1-3,5-6H3,(H,48,57)(H,49,56)/t35-,36-,38-,39-,40-,41-,42-,43-,44+/m1/s1. The maximum atomic E-state index is 13.6. The number of amides is 2. The van der Waals surface area contributed by atoms with Gasteiger partial charge in [0.15, 0.2) is 0 Å². The summed E-state index contributed by atoms with van der Waals surface area (Å²) in [6.07, 6.45) is 1.51. The molecule has 9 atom stereocenters. The van der Waals surface area contributed by atoms with Crippen molar-refractivity contribution in [2.75, 3.05) is 158 Å². The second-order valence-electron chi connectivity index (χ2n) is 16.7. The molecule has 0 fully saturated rings. The molecule has 0 saturated heterocycles. The molecule has 65 heavy (non-hydrogen) atoms. The first-order chi connectivity index (χ1) is 31.4.